The van der Waals surface area contributed by atoms with Crippen LogP contribution >= 0.6 is 0 Å². The van der Waals surface area contributed by atoms with Gasteiger partial charge in [-0.15, -0.1) is 0 Å². The summed E-state index contributed by atoms with van der Waals surface area (Å²) in [7, 11) is 0. The molecule has 2 aliphatic carbocycles. The second kappa shape index (κ2) is 9.94. The van der Waals surface area contributed by atoms with Crippen molar-refractivity contribution in [2.24, 2.45) is 11.8 Å². The standard InChI is InChI=1S/C27H39N3O2/c31-26(24-10-11-24)29-14-12-22(13-15-29)20-21-6-8-23(9-7-21)27(32)30-18-16-28(17-19-30)25-4-2-1-3-5-25/h6-9,22,24-25H,1-5,10-20H2. The Morgan fingerprint density at radius 1 is 0.719 bits per heavy atom. The van der Waals surface area contributed by atoms with Crippen LogP contribution in [0.1, 0.15) is 73.7 Å². The van der Waals surface area contributed by atoms with Gasteiger partial charge in [-0.3, -0.25) is 14.5 Å². The summed E-state index contributed by atoms with van der Waals surface area (Å²) in [5.41, 5.74) is 2.14. The van der Waals surface area contributed by atoms with Crippen LogP contribution in [0.5, 0.6) is 0 Å². The molecule has 0 spiro atoms. The fourth-order valence-corrected chi connectivity index (χ4v) is 5.98. The molecular weight excluding hydrogens is 398 g/mol. The Bertz CT molecular complexity index is 782. The number of piperidine rings is 1. The molecule has 5 rings (SSSR count). The van der Waals surface area contributed by atoms with Gasteiger partial charge in [0, 0.05) is 56.8 Å². The minimum Gasteiger partial charge on any atom is -0.342 e. The lowest BCUT2D eigenvalue weighted by atomic mass is 9.89. The zero-order valence-corrected chi connectivity index (χ0v) is 19.5. The molecule has 0 unspecified atom stereocenters. The van der Waals surface area contributed by atoms with Gasteiger partial charge in [0.15, 0.2) is 0 Å². The Hall–Kier alpha value is -1.88. The molecule has 5 heteroatoms. The van der Waals surface area contributed by atoms with Gasteiger partial charge >= 0.3 is 0 Å². The van der Waals surface area contributed by atoms with Gasteiger partial charge < -0.3 is 9.80 Å². The third kappa shape index (κ3) is 5.19. The smallest absolute Gasteiger partial charge is 0.253 e. The molecule has 0 bridgehead atoms. The van der Waals surface area contributed by atoms with Crippen molar-refractivity contribution < 1.29 is 9.59 Å². The van der Waals surface area contributed by atoms with Crippen molar-refractivity contribution in [1.82, 2.24) is 14.7 Å². The van der Waals surface area contributed by atoms with E-state index in [-0.39, 0.29) is 5.91 Å². The number of carbonyl (C=O) groups excluding carboxylic acids is 2. The van der Waals surface area contributed by atoms with Crippen LogP contribution in [0, 0.1) is 11.8 Å². The molecule has 4 aliphatic rings. The first-order valence-corrected chi connectivity index (χ1v) is 13.1. The van der Waals surface area contributed by atoms with Gasteiger partial charge in [0.1, 0.15) is 0 Å². The van der Waals surface area contributed by atoms with Gasteiger partial charge in [-0.05, 0) is 68.6 Å². The van der Waals surface area contributed by atoms with E-state index in [1.165, 1.54) is 37.7 Å². The van der Waals surface area contributed by atoms with Crippen LogP contribution in [0.15, 0.2) is 24.3 Å². The Kier molecular flexibility index (Phi) is 6.82. The van der Waals surface area contributed by atoms with Gasteiger partial charge in [0.05, 0.1) is 0 Å². The molecule has 0 atom stereocenters. The molecule has 2 heterocycles. The van der Waals surface area contributed by atoms with Crippen molar-refractivity contribution in [3.63, 3.8) is 0 Å². The highest BCUT2D eigenvalue weighted by molar-refractivity contribution is 5.94. The monoisotopic (exact) mass is 437 g/mol. The van der Waals surface area contributed by atoms with Gasteiger partial charge in [-0.2, -0.15) is 0 Å². The third-order valence-corrected chi connectivity index (χ3v) is 8.27. The number of hydrogen-bond donors (Lipinski definition) is 0. The van der Waals surface area contributed by atoms with Crippen molar-refractivity contribution in [2.75, 3.05) is 39.3 Å². The summed E-state index contributed by atoms with van der Waals surface area (Å²) in [6.07, 6.45) is 12.3. The predicted molar refractivity (Wildman–Crippen MR) is 127 cm³/mol. The SMILES string of the molecule is O=C(c1ccc(CC2CCN(C(=O)C3CC3)CC2)cc1)N1CCN(C2CCCCC2)CC1. The normalized spacial score (nSPS) is 24.0. The maximum Gasteiger partial charge on any atom is 0.253 e. The lowest BCUT2D eigenvalue weighted by Crippen LogP contribution is -2.52. The van der Waals surface area contributed by atoms with E-state index in [1.807, 2.05) is 17.0 Å². The molecule has 2 saturated heterocycles. The summed E-state index contributed by atoms with van der Waals surface area (Å²) in [4.78, 5) is 32.0. The van der Waals surface area contributed by atoms with Crippen LogP contribution in [0.3, 0.4) is 0 Å². The number of piperazine rings is 1. The van der Waals surface area contributed by atoms with Gasteiger partial charge in [-0.25, -0.2) is 0 Å². The molecule has 1 aromatic rings. The molecule has 0 radical (unpaired) electrons. The molecule has 0 N–H and O–H groups in total. The average Bonchev–Trinajstić information content (AvgIpc) is 3.71. The van der Waals surface area contributed by atoms with E-state index in [4.69, 9.17) is 0 Å². The van der Waals surface area contributed by atoms with E-state index in [0.29, 0.717) is 17.7 Å². The number of amides is 2. The fraction of sp³-hybridized carbons (Fsp3) is 0.704. The molecule has 0 aromatic heterocycles. The fourth-order valence-electron chi connectivity index (χ4n) is 5.98. The summed E-state index contributed by atoms with van der Waals surface area (Å²) >= 11 is 0. The Morgan fingerprint density at radius 2 is 1.38 bits per heavy atom. The lowest BCUT2D eigenvalue weighted by molar-refractivity contribution is -0.133. The van der Waals surface area contributed by atoms with Crippen LogP contribution in [0.25, 0.3) is 0 Å². The molecule has 4 fully saturated rings. The zero-order chi connectivity index (χ0) is 21.9. The molecule has 2 amide bonds. The van der Waals surface area contributed by atoms with Crippen LogP contribution in [-0.4, -0.2) is 71.8 Å². The number of benzene rings is 1. The molecule has 1 aromatic carbocycles. The maximum atomic E-state index is 13.0. The quantitative estimate of drug-likeness (QED) is 0.700. The van der Waals surface area contributed by atoms with Crippen LogP contribution < -0.4 is 0 Å². The van der Waals surface area contributed by atoms with Gasteiger partial charge in [-0.1, -0.05) is 31.4 Å². The van der Waals surface area contributed by atoms with Gasteiger partial charge in [0.25, 0.3) is 5.91 Å². The van der Waals surface area contributed by atoms with Crippen molar-refractivity contribution in [1.29, 1.82) is 0 Å². The summed E-state index contributed by atoms with van der Waals surface area (Å²) in [6.45, 7) is 5.60. The predicted octanol–water partition coefficient (Wildman–Crippen LogP) is 3.97. The van der Waals surface area contributed by atoms with Crippen molar-refractivity contribution in [3.05, 3.63) is 35.4 Å². The Morgan fingerprint density at radius 3 is 2.00 bits per heavy atom. The highest BCUT2D eigenvalue weighted by Gasteiger charge is 2.35. The number of rotatable bonds is 5. The Labute approximate surface area is 193 Å². The average molecular weight is 438 g/mol. The van der Waals surface area contributed by atoms with Crippen LogP contribution in [0.2, 0.25) is 0 Å². The highest BCUT2D eigenvalue weighted by Crippen LogP contribution is 2.33. The first-order valence-electron chi connectivity index (χ1n) is 13.1. The summed E-state index contributed by atoms with van der Waals surface area (Å²) in [6, 6.07) is 9.09. The Balaban J connectivity index is 1.08. The second-order valence-corrected chi connectivity index (χ2v) is 10.6. The number of carbonyl (C=O) groups is 2. The van der Waals surface area contributed by atoms with Crippen molar-refractivity contribution in [3.8, 4) is 0 Å². The number of nitrogens with zero attached hydrogens (tertiary/aromatic N) is 3. The molecule has 2 saturated carbocycles. The summed E-state index contributed by atoms with van der Waals surface area (Å²) in [5, 5.41) is 0. The topological polar surface area (TPSA) is 43.9 Å². The summed E-state index contributed by atoms with van der Waals surface area (Å²) < 4.78 is 0. The van der Waals surface area contributed by atoms with Crippen LogP contribution in [-0.2, 0) is 11.2 Å². The third-order valence-electron chi connectivity index (χ3n) is 8.27. The largest absolute Gasteiger partial charge is 0.342 e. The molecule has 2 aliphatic heterocycles. The van der Waals surface area contributed by atoms with E-state index >= 15 is 0 Å². The summed E-state index contributed by atoms with van der Waals surface area (Å²) in [5.74, 6) is 1.57. The molecule has 5 nitrogen and oxygen atoms in total. The first kappa shape index (κ1) is 21.9. The van der Waals surface area contributed by atoms with Gasteiger partial charge in [0.2, 0.25) is 5.91 Å². The van der Waals surface area contributed by atoms with E-state index in [1.54, 1.807) is 0 Å². The van der Waals surface area contributed by atoms with Crippen molar-refractivity contribution in [2.45, 2.75) is 70.3 Å². The number of likely N-dealkylation sites (tertiary alicyclic amines) is 1. The minimum atomic E-state index is 0.187. The van der Waals surface area contributed by atoms with E-state index < -0.39 is 0 Å². The van der Waals surface area contributed by atoms with E-state index in [9.17, 15) is 9.59 Å². The zero-order valence-electron chi connectivity index (χ0n) is 19.5. The van der Waals surface area contributed by atoms with E-state index in [0.717, 1.165) is 83.0 Å². The molecule has 32 heavy (non-hydrogen) atoms. The molecule has 174 valence electrons. The lowest BCUT2D eigenvalue weighted by Gasteiger charge is -2.40. The van der Waals surface area contributed by atoms with Crippen molar-refractivity contribution >= 4 is 11.8 Å². The minimum absolute atomic E-state index is 0.187. The number of hydrogen-bond acceptors (Lipinski definition) is 3. The maximum absolute atomic E-state index is 13.0. The highest BCUT2D eigenvalue weighted by atomic mass is 16.2. The van der Waals surface area contributed by atoms with E-state index in [2.05, 4.69) is 21.9 Å². The van der Waals surface area contributed by atoms with Crippen LogP contribution in [0.4, 0.5) is 0 Å². The first-order chi connectivity index (χ1) is 15.7. The second-order valence-electron chi connectivity index (χ2n) is 10.6. The molecular formula is C27H39N3O2.